The first-order valence-electron chi connectivity index (χ1n) is 16.4. The van der Waals surface area contributed by atoms with Gasteiger partial charge < -0.3 is 0 Å². The molecule has 0 radical (unpaired) electrons. The second-order valence-electron chi connectivity index (χ2n) is 12.0. The van der Waals surface area contributed by atoms with Crippen LogP contribution in [-0.4, -0.2) is 29.9 Å². The average Bonchev–Trinajstić information content (AvgIpc) is 3.57. The zero-order chi connectivity index (χ0) is 32.6. The van der Waals surface area contributed by atoms with Gasteiger partial charge in [0.2, 0.25) is 0 Å². The minimum atomic E-state index is 0.208. The number of nitrogens with zero attached hydrogens (tertiary/aromatic N) is 3. The van der Waals surface area contributed by atoms with E-state index in [4.69, 9.17) is 5.10 Å². The first kappa shape index (κ1) is 29.2. The predicted octanol–water partition coefficient (Wildman–Crippen LogP) is 11.2. The van der Waals surface area contributed by atoms with Gasteiger partial charge in [0.15, 0.2) is 0 Å². The molecule has 0 aliphatic carbocycles. The molecule has 0 fully saturated rings. The van der Waals surface area contributed by atoms with Crippen molar-refractivity contribution in [2.75, 3.05) is 0 Å². The Morgan fingerprint density at radius 1 is 0.327 bits per heavy atom. The molecule has 0 saturated carbocycles. The van der Waals surface area contributed by atoms with E-state index in [9.17, 15) is 0 Å². The maximum absolute atomic E-state index is 4.85. The Morgan fingerprint density at radius 2 is 0.878 bits per heavy atom. The van der Waals surface area contributed by atoms with Crippen molar-refractivity contribution in [2.45, 2.75) is 0 Å². The Bertz CT molecular complexity index is 2590. The summed E-state index contributed by atoms with van der Waals surface area (Å²) < 4.78 is 2.81. The number of hydrogen-bond acceptors (Lipinski definition) is 3. The van der Waals surface area contributed by atoms with E-state index in [-0.39, 0.29) is 14.5 Å². The van der Waals surface area contributed by atoms with Crippen LogP contribution in [0, 0.1) is 0 Å². The van der Waals surface area contributed by atoms with Crippen LogP contribution in [0.1, 0.15) is 0 Å². The van der Waals surface area contributed by atoms with Crippen LogP contribution in [-0.2, 0) is 0 Å². The SMILES string of the molecule is c1ccc(-c2ccccc2-c2ccc3[se]c4ccccc4c3c2-c2ccccc2-c2nnnc(-c3ccccc3)c2-c2ccccc2)cc1. The molecule has 0 aliphatic rings. The van der Waals surface area contributed by atoms with E-state index in [2.05, 4.69) is 162 Å². The van der Waals surface area contributed by atoms with Crippen molar-refractivity contribution < 1.29 is 0 Å². The van der Waals surface area contributed by atoms with E-state index in [1.165, 1.54) is 47.1 Å². The summed E-state index contributed by atoms with van der Waals surface area (Å²) in [5, 5.41) is 16.5. The molecule has 4 heteroatoms. The van der Waals surface area contributed by atoms with Crippen LogP contribution in [0.15, 0.2) is 176 Å². The van der Waals surface area contributed by atoms with Crippen LogP contribution in [0.4, 0.5) is 0 Å². The summed E-state index contributed by atoms with van der Waals surface area (Å²) in [6.07, 6.45) is 0. The number of rotatable bonds is 6. The molecule has 0 atom stereocenters. The van der Waals surface area contributed by atoms with Gasteiger partial charge in [-0.05, 0) is 0 Å². The third-order valence-corrected chi connectivity index (χ3v) is 11.6. The van der Waals surface area contributed by atoms with Crippen molar-refractivity contribution in [1.29, 1.82) is 0 Å². The van der Waals surface area contributed by atoms with Crippen LogP contribution >= 0.6 is 0 Å². The molecule has 0 saturated heterocycles. The molecule has 0 amide bonds. The van der Waals surface area contributed by atoms with E-state index in [1.54, 1.807) is 0 Å². The van der Waals surface area contributed by atoms with Gasteiger partial charge >= 0.3 is 292 Å². The van der Waals surface area contributed by atoms with Crippen molar-refractivity contribution in [2.24, 2.45) is 0 Å². The quantitative estimate of drug-likeness (QED) is 0.163. The number of hydrogen-bond donors (Lipinski definition) is 0. The summed E-state index contributed by atoms with van der Waals surface area (Å²) in [6.45, 7) is 0. The topological polar surface area (TPSA) is 38.7 Å². The van der Waals surface area contributed by atoms with Gasteiger partial charge in [0.1, 0.15) is 0 Å². The van der Waals surface area contributed by atoms with E-state index < -0.39 is 0 Å². The summed E-state index contributed by atoms with van der Waals surface area (Å²) in [6, 6.07) is 62.5. The maximum atomic E-state index is 4.85. The van der Waals surface area contributed by atoms with Crippen molar-refractivity contribution in [3.05, 3.63) is 176 Å². The van der Waals surface area contributed by atoms with Gasteiger partial charge in [0.05, 0.1) is 0 Å². The Kier molecular flexibility index (Phi) is 7.51. The Morgan fingerprint density at radius 3 is 1.61 bits per heavy atom. The van der Waals surface area contributed by atoms with Gasteiger partial charge in [0.25, 0.3) is 0 Å². The van der Waals surface area contributed by atoms with Crippen LogP contribution in [0.2, 0.25) is 0 Å². The summed E-state index contributed by atoms with van der Waals surface area (Å²) in [7, 11) is 0. The summed E-state index contributed by atoms with van der Waals surface area (Å²) in [4.78, 5) is 0. The molecule has 2 aromatic heterocycles. The molecule has 2 heterocycles. The van der Waals surface area contributed by atoms with Gasteiger partial charge in [-0.2, -0.15) is 0 Å². The molecule has 0 bridgehead atoms. The molecule has 7 aromatic carbocycles. The monoisotopic (exact) mass is 691 g/mol. The summed E-state index contributed by atoms with van der Waals surface area (Å²) in [5.74, 6) is 0. The van der Waals surface area contributed by atoms with E-state index >= 15 is 0 Å². The molecular weight excluding hydrogens is 661 g/mol. The van der Waals surface area contributed by atoms with E-state index in [1.807, 2.05) is 24.3 Å². The van der Waals surface area contributed by atoms with Crippen LogP contribution in [0.25, 0.3) is 86.3 Å². The van der Waals surface area contributed by atoms with Crippen molar-refractivity contribution in [1.82, 2.24) is 15.4 Å². The number of benzene rings is 7. The molecular formula is C45H29N3Se. The van der Waals surface area contributed by atoms with E-state index in [0.717, 1.165) is 39.2 Å². The Labute approximate surface area is 290 Å². The first-order valence-corrected chi connectivity index (χ1v) is 18.1. The van der Waals surface area contributed by atoms with Gasteiger partial charge in [-0.15, -0.1) is 0 Å². The molecule has 49 heavy (non-hydrogen) atoms. The average molecular weight is 691 g/mol. The third kappa shape index (κ3) is 5.19. The molecule has 0 unspecified atom stereocenters. The van der Waals surface area contributed by atoms with Gasteiger partial charge in [-0.25, -0.2) is 0 Å². The van der Waals surface area contributed by atoms with Gasteiger partial charge in [-0.1, -0.05) is 0 Å². The van der Waals surface area contributed by atoms with Crippen molar-refractivity contribution >= 4 is 33.8 Å². The zero-order valence-electron chi connectivity index (χ0n) is 26.5. The Hall–Kier alpha value is -5.93. The van der Waals surface area contributed by atoms with Crippen molar-refractivity contribution in [3.8, 4) is 67.0 Å². The summed E-state index contributed by atoms with van der Waals surface area (Å²) >= 11 is 0.208. The van der Waals surface area contributed by atoms with Gasteiger partial charge in [-0.3, -0.25) is 0 Å². The first-order chi connectivity index (χ1) is 24.3. The molecule has 230 valence electrons. The van der Waals surface area contributed by atoms with Crippen LogP contribution in [0.5, 0.6) is 0 Å². The van der Waals surface area contributed by atoms with Gasteiger partial charge in [0, 0.05) is 0 Å². The van der Waals surface area contributed by atoms with Crippen LogP contribution < -0.4 is 0 Å². The summed E-state index contributed by atoms with van der Waals surface area (Å²) in [5.41, 5.74) is 12.8. The zero-order valence-corrected chi connectivity index (χ0v) is 28.2. The van der Waals surface area contributed by atoms with Crippen molar-refractivity contribution in [3.63, 3.8) is 0 Å². The van der Waals surface area contributed by atoms with E-state index in [0.29, 0.717) is 0 Å². The van der Waals surface area contributed by atoms with Crippen LogP contribution in [0.3, 0.4) is 0 Å². The molecule has 0 spiro atoms. The molecule has 0 aliphatic heterocycles. The predicted molar refractivity (Wildman–Crippen MR) is 204 cm³/mol. The minimum absolute atomic E-state index is 0.208. The number of aromatic nitrogens is 3. The number of fused-ring (bicyclic) bond motifs is 3. The molecule has 3 nitrogen and oxygen atoms in total. The fourth-order valence-electron chi connectivity index (χ4n) is 7.00. The Balaban J connectivity index is 1.39. The standard InChI is InChI=1S/C45H29N3Se/c1-4-16-30(17-5-1)33-22-10-11-23-34(33)36-28-29-40-43(38-26-14-15-27-39(38)49-40)42(36)35-24-12-13-25-37(35)45-41(31-18-6-2-7-19-31)44(46-48-47-45)32-20-8-3-9-21-32/h1-29H. The molecule has 0 N–H and O–H groups in total. The third-order valence-electron chi connectivity index (χ3n) is 9.17. The molecule has 9 aromatic rings. The second kappa shape index (κ2) is 12.6. The molecule has 9 rings (SSSR count). The fourth-order valence-corrected chi connectivity index (χ4v) is 9.34. The second-order valence-corrected chi connectivity index (χ2v) is 14.3. The normalized spacial score (nSPS) is 11.3. The fraction of sp³-hybridized carbons (Fsp3) is 0.